The van der Waals surface area contributed by atoms with Crippen LogP contribution in [0.4, 0.5) is 0 Å². The van der Waals surface area contributed by atoms with Crippen LogP contribution in [-0.2, 0) is 14.6 Å². The summed E-state index contributed by atoms with van der Waals surface area (Å²) in [7, 11) is -3.76. The monoisotopic (exact) mass is 341 g/mol. The van der Waals surface area contributed by atoms with Gasteiger partial charge in [-0.1, -0.05) is 0 Å². The molecule has 0 aliphatic carbocycles. The van der Waals surface area contributed by atoms with E-state index in [1.54, 1.807) is 17.5 Å². The summed E-state index contributed by atoms with van der Waals surface area (Å²) >= 11 is 1.25. The predicted molar refractivity (Wildman–Crippen MR) is 87.3 cm³/mol. The van der Waals surface area contributed by atoms with E-state index in [1.807, 2.05) is 0 Å². The maximum Gasteiger partial charge on any atom is 0.219 e. The average molecular weight is 341 g/mol. The Morgan fingerprint density at radius 3 is 2.55 bits per heavy atom. The number of sulfone groups is 1. The smallest absolute Gasteiger partial charge is 0.219 e. The zero-order valence-corrected chi connectivity index (χ0v) is 14.3. The van der Waals surface area contributed by atoms with E-state index in [9.17, 15) is 18.5 Å². The minimum absolute atomic E-state index is 0.0501. The summed E-state index contributed by atoms with van der Waals surface area (Å²) in [5, 5.41) is 10.9. The first kappa shape index (κ1) is 18.4. The molecule has 120 valence electrons. The first-order valence-electron chi connectivity index (χ1n) is 6.48. The van der Waals surface area contributed by atoms with Gasteiger partial charge >= 0.3 is 0 Å². The standard InChI is InChI=1S/C14H19N3O3S2/c1-14(2,3)22(19,20)9(8-15)6-12-10(4-5-21-12)11(16)7-13(17)18/h4-6,11H,7,16H2,1-3H3,(H2,17,18)/b9-6+. The number of carbonyl (C=O) groups is 1. The van der Waals surface area contributed by atoms with E-state index in [0.717, 1.165) is 0 Å². The lowest BCUT2D eigenvalue weighted by Gasteiger charge is -2.18. The molecule has 0 aliphatic heterocycles. The second-order valence-corrected chi connectivity index (χ2v) is 9.37. The van der Waals surface area contributed by atoms with Gasteiger partial charge in [0, 0.05) is 17.3 Å². The second-order valence-electron chi connectivity index (χ2n) is 5.75. The van der Waals surface area contributed by atoms with E-state index in [0.29, 0.717) is 10.4 Å². The number of rotatable bonds is 5. The SMILES string of the molecule is CC(C)(C)S(=O)(=O)/C(C#N)=C/c1sccc1C(N)CC(N)=O. The van der Waals surface area contributed by atoms with Gasteiger partial charge in [0.1, 0.15) is 11.0 Å². The molecule has 0 radical (unpaired) electrons. The summed E-state index contributed by atoms with van der Waals surface area (Å²) in [5.74, 6) is -0.545. The number of nitriles is 1. The fourth-order valence-electron chi connectivity index (χ4n) is 1.70. The van der Waals surface area contributed by atoms with Gasteiger partial charge in [0.25, 0.3) is 0 Å². The summed E-state index contributed by atoms with van der Waals surface area (Å²) in [5.41, 5.74) is 11.6. The van der Waals surface area contributed by atoms with E-state index in [4.69, 9.17) is 11.5 Å². The van der Waals surface area contributed by atoms with E-state index < -0.39 is 26.5 Å². The number of nitrogens with two attached hydrogens (primary N) is 2. The van der Waals surface area contributed by atoms with Crippen LogP contribution in [0.15, 0.2) is 16.4 Å². The Kier molecular flexibility index (Phi) is 5.51. The summed E-state index contributed by atoms with van der Waals surface area (Å²) in [6, 6.07) is 2.81. The molecular formula is C14H19N3O3S2. The fraction of sp³-hybridized carbons (Fsp3) is 0.429. The van der Waals surface area contributed by atoms with Crippen molar-refractivity contribution in [1.29, 1.82) is 5.26 Å². The van der Waals surface area contributed by atoms with Crippen LogP contribution in [0.1, 0.15) is 43.7 Å². The van der Waals surface area contributed by atoms with E-state index in [2.05, 4.69) is 0 Å². The topological polar surface area (TPSA) is 127 Å². The van der Waals surface area contributed by atoms with E-state index in [-0.39, 0.29) is 11.3 Å². The number of hydrogen-bond donors (Lipinski definition) is 2. The van der Waals surface area contributed by atoms with Gasteiger partial charge in [-0.25, -0.2) is 8.42 Å². The van der Waals surface area contributed by atoms with Crippen molar-refractivity contribution in [2.45, 2.75) is 38.0 Å². The molecule has 0 aromatic carbocycles. The minimum Gasteiger partial charge on any atom is -0.370 e. The lowest BCUT2D eigenvalue weighted by atomic mass is 10.1. The average Bonchev–Trinajstić information content (AvgIpc) is 2.81. The van der Waals surface area contributed by atoms with Crippen LogP contribution >= 0.6 is 11.3 Å². The van der Waals surface area contributed by atoms with Crippen molar-refractivity contribution in [3.8, 4) is 6.07 Å². The van der Waals surface area contributed by atoms with Crippen molar-refractivity contribution in [3.05, 3.63) is 26.8 Å². The van der Waals surface area contributed by atoms with Gasteiger partial charge in [-0.05, 0) is 43.9 Å². The van der Waals surface area contributed by atoms with Crippen molar-refractivity contribution >= 4 is 33.2 Å². The Balaban J connectivity index is 3.31. The zero-order chi connectivity index (χ0) is 17.1. The molecule has 0 fully saturated rings. The third kappa shape index (κ3) is 3.94. The van der Waals surface area contributed by atoms with Crippen molar-refractivity contribution in [2.24, 2.45) is 11.5 Å². The van der Waals surface area contributed by atoms with Gasteiger partial charge in [0.05, 0.1) is 4.75 Å². The summed E-state index contributed by atoms with van der Waals surface area (Å²) in [4.78, 5) is 11.2. The van der Waals surface area contributed by atoms with Gasteiger partial charge in [-0.15, -0.1) is 11.3 Å². The van der Waals surface area contributed by atoms with Crippen LogP contribution < -0.4 is 11.5 Å². The molecule has 1 unspecified atom stereocenters. The maximum atomic E-state index is 12.4. The van der Waals surface area contributed by atoms with Crippen molar-refractivity contribution in [2.75, 3.05) is 0 Å². The van der Waals surface area contributed by atoms with Crippen molar-refractivity contribution in [1.82, 2.24) is 0 Å². The number of amides is 1. The molecule has 1 heterocycles. The predicted octanol–water partition coefficient (Wildman–Crippen LogP) is 1.70. The fourth-order valence-corrected chi connectivity index (χ4v) is 3.73. The number of carbonyl (C=O) groups excluding carboxylic acids is 1. The first-order valence-corrected chi connectivity index (χ1v) is 8.84. The minimum atomic E-state index is -3.76. The van der Waals surface area contributed by atoms with Crippen LogP contribution in [-0.4, -0.2) is 19.1 Å². The summed E-state index contributed by atoms with van der Waals surface area (Å²) in [6.45, 7) is 4.59. The Labute approximate surface area is 134 Å². The lowest BCUT2D eigenvalue weighted by molar-refractivity contribution is -0.118. The lowest BCUT2D eigenvalue weighted by Crippen LogP contribution is -2.28. The van der Waals surface area contributed by atoms with Crippen LogP contribution in [0.25, 0.3) is 6.08 Å². The Hall–Kier alpha value is -1.69. The highest BCUT2D eigenvalue weighted by Gasteiger charge is 2.33. The highest BCUT2D eigenvalue weighted by Crippen LogP contribution is 2.30. The highest BCUT2D eigenvalue weighted by atomic mass is 32.2. The molecule has 0 spiro atoms. The highest BCUT2D eigenvalue weighted by molar-refractivity contribution is 7.97. The van der Waals surface area contributed by atoms with E-state index >= 15 is 0 Å². The van der Waals surface area contributed by atoms with Crippen LogP contribution in [0.2, 0.25) is 0 Å². The third-order valence-electron chi connectivity index (χ3n) is 3.02. The van der Waals surface area contributed by atoms with Crippen molar-refractivity contribution < 1.29 is 13.2 Å². The van der Waals surface area contributed by atoms with Gasteiger partial charge in [-0.3, -0.25) is 4.79 Å². The Morgan fingerprint density at radius 1 is 1.50 bits per heavy atom. The van der Waals surface area contributed by atoms with Crippen molar-refractivity contribution in [3.63, 3.8) is 0 Å². The molecule has 1 aromatic rings. The molecule has 6 nitrogen and oxygen atoms in total. The zero-order valence-electron chi connectivity index (χ0n) is 12.7. The molecule has 0 saturated heterocycles. The van der Waals surface area contributed by atoms with Gasteiger partial charge in [-0.2, -0.15) is 5.26 Å². The number of primary amides is 1. The molecule has 1 rings (SSSR count). The molecule has 1 aromatic heterocycles. The Morgan fingerprint density at radius 2 is 2.09 bits per heavy atom. The maximum absolute atomic E-state index is 12.4. The molecule has 0 aliphatic rings. The van der Waals surface area contributed by atoms with Crippen LogP contribution in [0.5, 0.6) is 0 Å². The number of thiophene rings is 1. The third-order valence-corrected chi connectivity index (χ3v) is 6.30. The Bertz CT molecular complexity index is 734. The number of nitrogens with zero attached hydrogens (tertiary/aromatic N) is 1. The molecule has 22 heavy (non-hydrogen) atoms. The number of allylic oxidation sites excluding steroid dienone is 1. The summed E-state index contributed by atoms with van der Waals surface area (Å²) in [6.07, 6.45) is 1.26. The molecule has 4 N–H and O–H groups in total. The van der Waals surface area contributed by atoms with Gasteiger partial charge < -0.3 is 11.5 Å². The number of hydrogen-bond acceptors (Lipinski definition) is 6. The molecule has 1 amide bonds. The summed E-state index contributed by atoms with van der Waals surface area (Å²) < 4.78 is 23.7. The van der Waals surface area contributed by atoms with Crippen LogP contribution in [0, 0.1) is 11.3 Å². The molecular weight excluding hydrogens is 322 g/mol. The molecule has 0 bridgehead atoms. The normalized spacial score (nSPS) is 14.4. The van der Waals surface area contributed by atoms with Gasteiger partial charge in [0.15, 0.2) is 9.84 Å². The quantitative estimate of drug-likeness (QED) is 0.788. The van der Waals surface area contributed by atoms with Crippen LogP contribution in [0.3, 0.4) is 0 Å². The van der Waals surface area contributed by atoms with Gasteiger partial charge in [0.2, 0.25) is 5.91 Å². The molecule has 8 heteroatoms. The second kappa shape index (κ2) is 6.60. The van der Waals surface area contributed by atoms with E-state index in [1.165, 1.54) is 38.2 Å². The largest absolute Gasteiger partial charge is 0.370 e. The molecule has 0 saturated carbocycles. The molecule has 1 atom stereocenters. The first-order chi connectivity index (χ1) is 10.0.